The maximum atomic E-state index is 11.7. The molecule has 0 N–H and O–H groups in total. The molecule has 0 amide bonds. The van der Waals surface area contributed by atoms with Gasteiger partial charge in [0.2, 0.25) is 0 Å². The Kier molecular flexibility index (Phi) is 4.53. The summed E-state index contributed by atoms with van der Waals surface area (Å²) in [4.78, 5) is 11.7. The molecule has 6 nitrogen and oxygen atoms in total. The van der Waals surface area contributed by atoms with Crippen LogP contribution in [0.1, 0.15) is 11.3 Å². The summed E-state index contributed by atoms with van der Waals surface area (Å²) in [6, 6.07) is 16.6. The molecule has 7 heteroatoms. The number of ether oxygens (including phenoxy) is 1. The standard InChI is InChI=1S/C19H14BrN3O3/c20-14-7-5-13(6-8-14)10-23-11-15(21-22-23)12-25-18-9-19(24)26-17-4-2-1-3-16(17)18/h1-9,11H,10,12H2. The third-order valence-electron chi connectivity index (χ3n) is 3.83. The fourth-order valence-electron chi connectivity index (χ4n) is 2.61. The first-order valence-corrected chi connectivity index (χ1v) is 8.76. The predicted molar refractivity (Wildman–Crippen MR) is 100 cm³/mol. The van der Waals surface area contributed by atoms with Gasteiger partial charge in [0.1, 0.15) is 23.6 Å². The summed E-state index contributed by atoms with van der Waals surface area (Å²) < 4.78 is 13.7. The number of fused-ring (bicyclic) bond motifs is 1. The Hall–Kier alpha value is -2.93. The molecule has 4 rings (SSSR count). The van der Waals surface area contributed by atoms with Crippen molar-refractivity contribution in [1.29, 1.82) is 0 Å². The molecule has 0 unspecified atom stereocenters. The maximum Gasteiger partial charge on any atom is 0.339 e. The second kappa shape index (κ2) is 7.13. The van der Waals surface area contributed by atoms with Crippen LogP contribution in [0, 0.1) is 0 Å². The van der Waals surface area contributed by atoms with Gasteiger partial charge in [-0.3, -0.25) is 0 Å². The van der Waals surface area contributed by atoms with Gasteiger partial charge in [0.05, 0.1) is 24.2 Å². The molecule has 0 spiro atoms. The van der Waals surface area contributed by atoms with Crippen LogP contribution in [-0.4, -0.2) is 15.0 Å². The number of para-hydroxylation sites is 1. The number of rotatable bonds is 5. The summed E-state index contributed by atoms with van der Waals surface area (Å²) >= 11 is 3.42. The van der Waals surface area contributed by atoms with Gasteiger partial charge in [0.15, 0.2) is 0 Å². The van der Waals surface area contributed by atoms with Crippen molar-refractivity contribution in [3.05, 3.63) is 86.9 Å². The van der Waals surface area contributed by atoms with Gasteiger partial charge in [-0.05, 0) is 29.8 Å². The highest BCUT2D eigenvalue weighted by atomic mass is 79.9. The predicted octanol–water partition coefficient (Wildman–Crippen LogP) is 3.77. The molecular weight excluding hydrogens is 398 g/mol. The summed E-state index contributed by atoms with van der Waals surface area (Å²) in [7, 11) is 0. The highest BCUT2D eigenvalue weighted by Crippen LogP contribution is 2.23. The SMILES string of the molecule is O=c1cc(OCc2cn(Cc3ccc(Br)cc3)nn2)c2ccccc2o1. The molecule has 130 valence electrons. The first kappa shape index (κ1) is 16.5. The quantitative estimate of drug-likeness (QED) is 0.467. The molecule has 0 atom stereocenters. The highest BCUT2D eigenvalue weighted by molar-refractivity contribution is 9.10. The zero-order valence-electron chi connectivity index (χ0n) is 13.6. The van der Waals surface area contributed by atoms with Gasteiger partial charge >= 0.3 is 5.63 Å². The van der Waals surface area contributed by atoms with E-state index in [0.29, 0.717) is 23.6 Å². The number of benzene rings is 2. The Morgan fingerprint density at radius 2 is 1.92 bits per heavy atom. The zero-order chi connectivity index (χ0) is 17.9. The van der Waals surface area contributed by atoms with Gasteiger partial charge in [0.25, 0.3) is 0 Å². The topological polar surface area (TPSA) is 70.2 Å². The lowest BCUT2D eigenvalue weighted by Gasteiger charge is -2.06. The van der Waals surface area contributed by atoms with Crippen molar-refractivity contribution in [3.63, 3.8) is 0 Å². The van der Waals surface area contributed by atoms with Crippen LogP contribution >= 0.6 is 15.9 Å². The fraction of sp³-hybridized carbons (Fsp3) is 0.105. The lowest BCUT2D eigenvalue weighted by molar-refractivity contribution is 0.302. The fourth-order valence-corrected chi connectivity index (χ4v) is 2.88. The third-order valence-corrected chi connectivity index (χ3v) is 4.36. The second-order valence-electron chi connectivity index (χ2n) is 5.75. The number of aromatic nitrogens is 3. The molecule has 0 saturated heterocycles. The molecule has 0 radical (unpaired) electrons. The van der Waals surface area contributed by atoms with E-state index in [1.54, 1.807) is 10.7 Å². The van der Waals surface area contributed by atoms with Crippen LogP contribution in [0.4, 0.5) is 0 Å². The van der Waals surface area contributed by atoms with Crippen LogP contribution in [0.25, 0.3) is 11.0 Å². The van der Waals surface area contributed by atoms with E-state index in [2.05, 4.69) is 26.2 Å². The molecule has 2 aromatic heterocycles. The van der Waals surface area contributed by atoms with E-state index in [9.17, 15) is 4.79 Å². The number of hydrogen-bond acceptors (Lipinski definition) is 5. The molecule has 0 saturated carbocycles. The van der Waals surface area contributed by atoms with Crippen molar-refractivity contribution in [2.45, 2.75) is 13.2 Å². The highest BCUT2D eigenvalue weighted by Gasteiger charge is 2.08. The first-order valence-electron chi connectivity index (χ1n) is 7.96. The Bertz CT molecular complexity index is 1100. The van der Waals surface area contributed by atoms with Crippen molar-refractivity contribution in [3.8, 4) is 5.75 Å². The largest absolute Gasteiger partial charge is 0.486 e. The van der Waals surface area contributed by atoms with Crippen LogP contribution < -0.4 is 10.4 Å². The van der Waals surface area contributed by atoms with Crippen LogP contribution in [0.15, 0.2) is 74.5 Å². The van der Waals surface area contributed by atoms with Gasteiger partial charge in [-0.2, -0.15) is 0 Å². The molecule has 2 aromatic carbocycles. The molecule has 0 aliphatic heterocycles. The number of nitrogens with zero attached hydrogens (tertiary/aromatic N) is 3. The Morgan fingerprint density at radius 1 is 1.12 bits per heavy atom. The number of halogens is 1. The minimum atomic E-state index is -0.447. The van der Waals surface area contributed by atoms with Gasteiger partial charge in [0, 0.05) is 4.47 Å². The molecule has 4 aromatic rings. The molecule has 26 heavy (non-hydrogen) atoms. The van der Waals surface area contributed by atoms with Gasteiger partial charge in [-0.15, -0.1) is 5.10 Å². The molecular formula is C19H14BrN3O3. The van der Waals surface area contributed by atoms with Crippen LogP contribution in [-0.2, 0) is 13.2 Å². The van der Waals surface area contributed by atoms with Crippen LogP contribution in [0.2, 0.25) is 0 Å². The third kappa shape index (κ3) is 3.67. The van der Waals surface area contributed by atoms with E-state index >= 15 is 0 Å². The van der Waals surface area contributed by atoms with E-state index in [-0.39, 0.29) is 6.61 Å². The first-order chi connectivity index (χ1) is 12.7. The molecule has 0 aliphatic carbocycles. The Morgan fingerprint density at radius 3 is 2.77 bits per heavy atom. The average molecular weight is 412 g/mol. The monoisotopic (exact) mass is 411 g/mol. The summed E-state index contributed by atoms with van der Waals surface area (Å²) in [6.45, 7) is 0.839. The molecule has 2 heterocycles. The van der Waals surface area contributed by atoms with Crippen molar-refractivity contribution in [2.24, 2.45) is 0 Å². The smallest absolute Gasteiger partial charge is 0.339 e. The summed E-state index contributed by atoms with van der Waals surface area (Å²) in [5.41, 5.74) is 1.85. The Balaban J connectivity index is 1.48. The maximum absolute atomic E-state index is 11.7. The molecule has 0 bridgehead atoms. The number of hydrogen-bond donors (Lipinski definition) is 0. The van der Waals surface area contributed by atoms with Crippen LogP contribution in [0.5, 0.6) is 5.75 Å². The Labute approximate surface area is 157 Å². The van der Waals surface area contributed by atoms with E-state index in [1.807, 2.05) is 48.7 Å². The summed E-state index contributed by atoms with van der Waals surface area (Å²) in [5.74, 6) is 0.472. The van der Waals surface area contributed by atoms with Crippen LogP contribution in [0.3, 0.4) is 0 Å². The van der Waals surface area contributed by atoms with Crippen molar-refractivity contribution in [1.82, 2.24) is 15.0 Å². The normalized spacial score (nSPS) is 11.0. The minimum Gasteiger partial charge on any atom is -0.486 e. The van der Waals surface area contributed by atoms with Gasteiger partial charge in [-0.1, -0.05) is 45.4 Å². The van der Waals surface area contributed by atoms with E-state index in [4.69, 9.17) is 9.15 Å². The van der Waals surface area contributed by atoms with Crippen molar-refractivity contribution < 1.29 is 9.15 Å². The average Bonchev–Trinajstić information content (AvgIpc) is 3.09. The summed E-state index contributed by atoms with van der Waals surface area (Å²) in [6.07, 6.45) is 1.83. The summed E-state index contributed by atoms with van der Waals surface area (Å²) in [5, 5.41) is 8.99. The zero-order valence-corrected chi connectivity index (χ0v) is 15.2. The van der Waals surface area contributed by atoms with Crippen molar-refractivity contribution >= 4 is 26.9 Å². The van der Waals surface area contributed by atoms with E-state index in [0.717, 1.165) is 15.4 Å². The molecule has 0 fully saturated rings. The lowest BCUT2D eigenvalue weighted by atomic mass is 10.2. The minimum absolute atomic E-state index is 0.216. The lowest BCUT2D eigenvalue weighted by Crippen LogP contribution is -2.02. The second-order valence-corrected chi connectivity index (χ2v) is 6.66. The molecule has 0 aliphatic rings. The van der Waals surface area contributed by atoms with E-state index in [1.165, 1.54) is 6.07 Å². The van der Waals surface area contributed by atoms with Gasteiger partial charge < -0.3 is 9.15 Å². The van der Waals surface area contributed by atoms with Crippen molar-refractivity contribution in [2.75, 3.05) is 0 Å². The van der Waals surface area contributed by atoms with Gasteiger partial charge in [-0.25, -0.2) is 9.48 Å². The van der Waals surface area contributed by atoms with E-state index < -0.39 is 5.63 Å².